The van der Waals surface area contributed by atoms with E-state index in [1.54, 1.807) is 52.2 Å². The van der Waals surface area contributed by atoms with Crippen LogP contribution in [-0.4, -0.2) is 59.5 Å². The molecule has 2 heterocycles. The van der Waals surface area contributed by atoms with E-state index in [-0.39, 0.29) is 23.9 Å². The van der Waals surface area contributed by atoms with Gasteiger partial charge in [0.15, 0.2) is 0 Å². The second kappa shape index (κ2) is 8.33. The van der Waals surface area contributed by atoms with E-state index in [1.165, 1.54) is 4.31 Å². The molecule has 156 valence electrons. The molecule has 0 aliphatic carbocycles. The first-order valence-corrected chi connectivity index (χ1v) is 11.8. The number of hydrogen-bond donors (Lipinski definition) is 0. The van der Waals surface area contributed by atoms with Crippen molar-refractivity contribution in [3.8, 4) is 5.69 Å². The van der Waals surface area contributed by atoms with Gasteiger partial charge in [-0.3, -0.25) is 4.79 Å². The highest BCUT2D eigenvalue weighted by molar-refractivity contribution is 9.10. The Bertz CT molecular complexity index is 1150. The number of carbonyl (C=O) groups excluding carboxylic acids is 1. The van der Waals surface area contributed by atoms with Crippen molar-refractivity contribution < 1.29 is 13.2 Å². The molecule has 0 saturated carbocycles. The Hall–Kier alpha value is -2.49. The van der Waals surface area contributed by atoms with Gasteiger partial charge in [0.05, 0.1) is 10.6 Å². The van der Waals surface area contributed by atoms with Crippen LogP contribution in [0.1, 0.15) is 16.1 Å². The first-order chi connectivity index (χ1) is 14.4. The number of benzene rings is 2. The largest absolute Gasteiger partial charge is 0.336 e. The summed E-state index contributed by atoms with van der Waals surface area (Å²) in [6.07, 6.45) is 1.73. The molecule has 0 N–H and O–H groups in total. The van der Waals surface area contributed by atoms with Crippen molar-refractivity contribution in [2.45, 2.75) is 11.8 Å². The van der Waals surface area contributed by atoms with Crippen LogP contribution in [0.3, 0.4) is 0 Å². The maximum Gasteiger partial charge on any atom is 0.253 e. The predicted molar refractivity (Wildman–Crippen MR) is 117 cm³/mol. The van der Waals surface area contributed by atoms with Crippen LogP contribution in [-0.2, 0) is 10.0 Å². The summed E-state index contributed by atoms with van der Waals surface area (Å²) in [6.45, 7) is 3.22. The summed E-state index contributed by atoms with van der Waals surface area (Å²) in [5.74, 6) is -0.0978. The summed E-state index contributed by atoms with van der Waals surface area (Å²) in [6, 6.07) is 15.8. The summed E-state index contributed by atoms with van der Waals surface area (Å²) in [4.78, 5) is 14.8. The highest BCUT2D eigenvalue weighted by Gasteiger charge is 2.30. The third-order valence-electron chi connectivity index (χ3n) is 5.17. The van der Waals surface area contributed by atoms with Crippen molar-refractivity contribution in [2.75, 3.05) is 26.2 Å². The number of nitrogens with zero attached hydrogens (tertiary/aromatic N) is 4. The Morgan fingerprint density at radius 2 is 1.57 bits per heavy atom. The van der Waals surface area contributed by atoms with Gasteiger partial charge >= 0.3 is 0 Å². The lowest BCUT2D eigenvalue weighted by Crippen LogP contribution is -2.50. The molecule has 4 rings (SSSR count). The van der Waals surface area contributed by atoms with Gasteiger partial charge in [0.25, 0.3) is 5.91 Å². The van der Waals surface area contributed by atoms with Crippen molar-refractivity contribution in [3.63, 3.8) is 0 Å². The van der Waals surface area contributed by atoms with Gasteiger partial charge in [-0.1, -0.05) is 15.9 Å². The Labute approximate surface area is 184 Å². The average molecular weight is 489 g/mol. The van der Waals surface area contributed by atoms with Gasteiger partial charge in [-0.25, -0.2) is 13.1 Å². The van der Waals surface area contributed by atoms with E-state index in [0.29, 0.717) is 18.7 Å². The molecule has 1 aliphatic rings. The fourth-order valence-corrected chi connectivity index (χ4v) is 5.14. The van der Waals surface area contributed by atoms with Gasteiger partial charge in [0.2, 0.25) is 10.0 Å². The number of aromatic nitrogens is 2. The Kier molecular flexibility index (Phi) is 5.77. The number of rotatable bonds is 4. The summed E-state index contributed by atoms with van der Waals surface area (Å²) in [5, 5.41) is 4.27. The minimum absolute atomic E-state index is 0.0978. The fraction of sp³-hybridized carbons (Fsp3) is 0.238. The quantitative estimate of drug-likeness (QED) is 0.565. The van der Waals surface area contributed by atoms with Crippen LogP contribution >= 0.6 is 15.9 Å². The number of halogens is 1. The summed E-state index contributed by atoms with van der Waals surface area (Å²) in [7, 11) is -3.56. The van der Waals surface area contributed by atoms with E-state index in [1.807, 2.05) is 25.1 Å². The maximum atomic E-state index is 12.9. The van der Waals surface area contributed by atoms with Crippen LogP contribution in [0.4, 0.5) is 0 Å². The first kappa shape index (κ1) is 20.8. The summed E-state index contributed by atoms with van der Waals surface area (Å²) >= 11 is 3.32. The molecule has 9 heteroatoms. The van der Waals surface area contributed by atoms with Crippen LogP contribution in [0.2, 0.25) is 0 Å². The summed E-state index contributed by atoms with van der Waals surface area (Å²) < 4.78 is 29.7. The van der Waals surface area contributed by atoms with E-state index in [0.717, 1.165) is 15.9 Å². The number of sulfonamides is 1. The highest BCUT2D eigenvalue weighted by atomic mass is 79.9. The van der Waals surface area contributed by atoms with Crippen LogP contribution in [0.5, 0.6) is 0 Å². The van der Waals surface area contributed by atoms with Gasteiger partial charge in [0.1, 0.15) is 0 Å². The molecule has 0 bridgehead atoms. The smallest absolute Gasteiger partial charge is 0.253 e. The zero-order valence-corrected chi connectivity index (χ0v) is 18.8. The lowest BCUT2D eigenvalue weighted by molar-refractivity contribution is 0.0698. The van der Waals surface area contributed by atoms with Crippen molar-refractivity contribution in [2.24, 2.45) is 0 Å². The molecule has 1 saturated heterocycles. The van der Waals surface area contributed by atoms with Crippen molar-refractivity contribution in [1.29, 1.82) is 0 Å². The van der Waals surface area contributed by atoms with Gasteiger partial charge < -0.3 is 4.90 Å². The normalized spacial score (nSPS) is 15.3. The number of carbonyl (C=O) groups is 1. The van der Waals surface area contributed by atoms with Crippen LogP contribution in [0.25, 0.3) is 5.69 Å². The van der Waals surface area contributed by atoms with Crippen molar-refractivity contribution in [1.82, 2.24) is 19.0 Å². The molecule has 1 fully saturated rings. The molecule has 30 heavy (non-hydrogen) atoms. The lowest BCUT2D eigenvalue weighted by atomic mass is 10.1. The molecule has 1 aromatic heterocycles. The van der Waals surface area contributed by atoms with Crippen LogP contribution in [0.15, 0.2) is 70.2 Å². The minimum atomic E-state index is -3.56. The van der Waals surface area contributed by atoms with Crippen molar-refractivity contribution in [3.05, 3.63) is 76.5 Å². The number of aryl methyl sites for hydroxylation is 1. The Balaban J connectivity index is 1.42. The third-order valence-corrected chi connectivity index (χ3v) is 7.61. The molecule has 1 aliphatic heterocycles. The second-order valence-electron chi connectivity index (χ2n) is 7.08. The number of hydrogen-bond acceptors (Lipinski definition) is 4. The number of amides is 1. The first-order valence-electron chi connectivity index (χ1n) is 9.52. The monoisotopic (exact) mass is 488 g/mol. The van der Waals surface area contributed by atoms with E-state index in [4.69, 9.17) is 0 Å². The second-order valence-corrected chi connectivity index (χ2v) is 9.94. The number of piperazine rings is 1. The molecule has 0 atom stereocenters. The molecule has 0 spiro atoms. The summed E-state index contributed by atoms with van der Waals surface area (Å²) in [5.41, 5.74) is 2.48. The third kappa shape index (κ3) is 4.05. The van der Waals surface area contributed by atoms with Crippen LogP contribution in [0, 0.1) is 6.92 Å². The van der Waals surface area contributed by atoms with Crippen molar-refractivity contribution >= 4 is 31.9 Å². The molecule has 7 nitrogen and oxygen atoms in total. The maximum absolute atomic E-state index is 12.9. The lowest BCUT2D eigenvalue weighted by Gasteiger charge is -2.34. The van der Waals surface area contributed by atoms with Gasteiger partial charge in [-0.05, 0) is 61.5 Å². The van der Waals surface area contributed by atoms with Gasteiger partial charge in [-0.2, -0.15) is 9.40 Å². The van der Waals surface area contributed by atoms with E-state index in [9.17, 15) is 13.2 Å². The zero-order valence-electron chi connectivity index (χ0n) is 16.4. The Morgan fingerprint density at radius 3 is 2.13 bits per heavy atom. The standard InChI is InChI=1S/C21H21BrN4O3S/c1-16-10-11-23-26(16)19-6-2-17(3-7-19)21(27)24-12-14-25(15-13-24)30(28,29)20-8-4-18(22)5-9-20/h2-11H,12-15H2,1H3. The molecule has 3 aromatic rings. The molecule has 1 amide bonds. The zero-order chi connectivity index (χ0) is 21.3. The molecule has 2 aromatic carbocycles. The van der Waals surface area contributed by atoms with Gasteiger partial charge in [0, 0.05) is 48.1 Å². The van der Waals surface area contributed by atoms with Gasteiger partial charge in [-0.15, -0.1) is 0 Å². The Morgan fingerprint density at radius 1 is 0.933 bits per heavy atom. The van der Waals surface area contributed by atoms with E-state index < -0.39 is 10.0 Å². The molecule has 0 radical (unpaired) electrons. The minimum Gasteiger partial charge on any atom is -0.336 e. The molecular formula is C21H21BrN4O3S. The molecular weight excluding hydrogens is 468 g/mol. The predicted octanol–water partition coefficient (Wildman–Crippen LogP) is 3.09. The average Bonchev–Trinajstić information content (AvgIpc) is 3.19. The topological polar surface area (TPSA) is 75.5 Å². The highest BCUT2D eigenvalue weighted by Crippen LogP contribution is 2.21. The molecule has 0 unspecified atom stereocenters. The fourth-order valence-electron chi connectivity index (χ4n) is 3.45. The van der Waals surface area contributed by atoms with E-state index in [2.05, 4.69) is 21.0 Å². The van der Waals surface area contributed by atoms with Crippen LogP contribution < -0.4 is 0 Å². The SMILES string of the molecule is Cc1ccnn1-c1ccc(C(=O)N2CCN(S(=O)(=O)c3ccc(Br)cc3)CC2)cc1. The van der Waals surface area contributed by atoms with E-state index >= 15 is 0 Å².